The van der Waals surface area contributed by atoms with Crippen LogP contribution < -0.4 is 10.0 Å². The van der Waals surface area contributed by atoms with E-state index in [4.69, 9.17) is 27.9 Å². The lowest BCUT2D eigenvalue weighted by atomic mass is 10.3. The summed E-state index contributed by atoms with van der Waals surface area (Å²) in [6.45, 7) is -0.941. The molecule has 0 unspecified atom stereocenters. The molecule has 2 aromatic carbocycles. The Morgan fingerprint density at radius 3 is 2.39 bits per heavy atom. The molecule has 0 spiro atoms. The zero-order valence-electron chi connectivity index (χ0n) is 15.4. The van der Waals surface area contributed by atoms with Crippen LogP contribution in [-0.4, -0.2) is 38.4 Å². The number of non-ortho nitro benzene ring substituents is 1. The summed E-state index contributed by atoms with van der Waals surface area (Å²) in [5.74, 6) is -1.52. The summed E-state index contributed by atoms with van der Waals surface area (Å²) in [6.07, 6.45) is -0.351. The van der Waals surface area contributed by atoms with Crippen molar-refractivity contribution in [3.8, 4) is 0 Å². The van der Waals surface area contributed by atoms with E-state index in [2.05, 4.69) is 26.0 Å². The number of halogens is 3. The smallest absolute Gasteiger partial charge is 0.307 e. The first-order valence-electron chi connectivity index (χ1n) is 8.34. The molecule has 0 fully saturated rings. The van der Waals surface area contributed by atoms with E-state index in [9.17, 15) is 28.1 Å². The van der Waals surface area contributed by atoms with Gasteiger partial charge in [0.15, 0.2) is 6.61 Å². The van der Waals surface area contributed by atoms with E-state index in [-0.39, 0.29) is 43.8 Å². The van der Waals surface area contributed by atoms with Crippen molar-refractivity contribution in [3.63, 3.8) is 0 Å². The standard InChI is InChI=1S/C17H14BrCl2N3O7S/c18-11-8-10(23(26)27)4-5-14(11)22-15(24)9-30-16(25)6-7-21-31(28,29)17-12(19)2-1-3-13(17)20/h1-5,8,21H,6-7,9H2,(H,22,24). The van der Waals surface area contributed by atoms with Crippen LogP contribution >= 0.6 is 39.1 Å². The number of nitrogens with one attached hydrogen (secondary N) is 2. The quantitative estimate of drug-likeness (QED) is 0.274. The molecule has 0 saturated heterocycles. The van der Waals surface area contributed by atoms with Crippen molar-refractivity contribution in [2.24, 2.45) is 0 Å². The Morgan fingerprint density at radius 1 is 1.16 bits per heavy atom. The van der Waals surface area contributed by atoms with Crippen molar-refractivity contribution in [2.45, 2.75) is 11.3 Å². The predicted octanol–water partition coefficient (Wildman–Crippen LogP) is 3.51. The number of rotatable bonds is 9. The molecule has 0 aromatic heterocycles. The fourth-order valence-electron chi connectivity index (χ4n) is 2.22. The van der Waals surface area contributed by atoms with Gasteiger partial charge in [0.05, 0.1) is 27.1 Å². The summed E-state index contributed by atoms with van der Waals surface area (Å²) in [7, 11) is -4.06. The van der Waals surface area contributed by atoms with Gasteiger partial charge in [-0.15, -0.1) is 0 Å². The van der Waals surface area contributed by atoms with Crippen LogP contribution in [0.5, 0.6) is 0 Å². The van der Waals surface area contributed by atoms with Gasteiger partial charge >= 0.3 is 5.97 Å². The number of hydrogen-bond acceptors (Lipinski definition) is 7. The average molecular weight is 555 g/mol. The molecule has 0 saturated carbocycles. The van der Waals surface area contributed by atoms with Crippen LogP contribution in [0.1, 0.15) is 6.42 Å². The summed E-state index contributed by atoms with van der Waals surface area (Å²) in [6, 6.07) is 7.93. The predicted molar refractivity (Wildman–Crippen MR) is 117 cm³/mol. The lowest BCUT2D eigenvalue weighted by Gasteiger charge is -2.10. The highest BCUT2D eigenvalue weighted by atomic mass is 79.9. The van der Waals surface area contributed by atoms with Crippen molar-refractivity contribution >= 4 is 72.4 Å². The molecular weight excluding hydrogens is 541 g/mol. The number of esters is 1. The highest BCUT2D eigenvalue weighted by Crippen LogP contribution is 2.29. The fourth-order valence-corrected chi connectivity index (χ4v) is 4.86. The number of nitro groups is 1. The van der Waals surface area contributed by atoms with Gasteiger partial charge in [0.1, 0.15) is 4.90 Å². The molecule has 0 atom stereocenters. The van der Waals surface area contributed by atoms with Gasteiger partial charge in [-0.25, -0.2) is 13.1 Å². The molecular formula is C17H14BrCl2N3O7S. The number of anilines is 1. The minimum Gasteiger partial charge on any atom is -0.456 e. The van der Waals surface area contributed by atoms with Crippen LogP contribution in [0.15, 0.2) is 45.8 Å². The Morgan fingerprint density at radius 2 is 1.81 bits per heavy atom. The van der Waals surface area contributed by atoms with E-state index in [0.717, 1.165) is 0 Å². The largest absolute Gasteiger partial charge is 0.456 e. The monoisotopic (exact) mass is 553 g/mol. The normalized spacial score (nSPS) is 11.1. The second kappa shape index (κ2) is 10.9. The number of carbonyl (C=O) groups excluding carboxylic acids is 2. The van der Waals surface area contributed by atoms with Gasteiger partial charge < -0.3 is 10.1 Å². The minimum absolute atomic E-state index is 0.0725. The fraction of sp³-hybridized carbons (Fsp3) is 0.176. The number of nitro benzene ring substituents is 1. The molecule has 0 aliphatic rings. The van der Waals surface area contributed by atoms with Crippen molar-refractivity contribution in [3.05, 3.63) is 61.0 Å². The van der Waals surface area contributed by atoms with Crippen LogP contribution in [0.2, 0.25) is 10.0 Å². The summed E-state index contributed by atoms with van der Waals surface area (Å²) < 4.78 is 31.8. The molecule has 2 aromatic rings. The van der Waals surface area contributed by atoms with Crippen molar-refractivity contribution in [1.29, 1.82) is 0 Å². The van der Waals surface area contributed by atoms with Crippen LogP contribution in [0.4, 0.5) is 11.4 Å². The Hall–Kier alpha value is -2.25. The van der Waals surface area contributed by atoms with E-state index < -0.39 is 33.4 Å². The maximum atomic E-state index is 12.3. The Balaban J connectivity index is 1.82. The van der Waals surface area contributed by atoms with E-state index >= 15 is 0 Å². The Bertz CT molecular complexity index is 1110. The zero-order chi connectivity index (χ0) is 23.2. The molecule has 0 bridgehead atoms. The van der Waals surface area contributed by atoms with Crippen LogP contribution in [0, 0.1) is 10.1 Å². The topological polar surface area (TPSA) is 145 Å². The zero-order valence-corrected chi connectivity index (χ0v) is 19.3. The summed E-state index contributed by atoms with van der Waals surface area (Å²) >= 11 is 14.8. The highest BCUT2D eigenvalue weighted by Gasteiger charge is 2.21. The SMILES string of the molecule is O=C(COC(=O)CCNS(=O)(=O)c1c(Cl)cccc1Cl)Nc1ccc([N+](=O)[O-])cc1Br. The van der Waals surface area contributed by atoms with Crippen molar-refractivity contribution < 1.29 is 27.7 Å². The van der Waals surface area contributed by atoms with E-state index in [1.165, 1.54) is 36.4 Å². The van der Waals surface area contributed by atoms with Crippen LogP contribution in [-0.2, 0) is 24.3 Å². The summed E-state index contributed by atoms with van der Waals surface area (Å²) in [5, 5.41) is 13.0. The maximum Gasteiger partial charge on any atom is 0.307 e. The number of benzene rings is 2. The lowest BCUT2D eigenvalue weighted by molar-refractivity contribution is -0.384. The molecule has 1 amide bonds. The number of sulfonamides is 1. The van der Waals surface area contributed by atoms with Gasteiger partial charge in [0.25, 0.3) is 11.6 Å². The van der Waals surface area contributed by atoms with E-state index in [1.54, 1.807) is 0 Å². The van der Waals surface area contributed by atoms with E-state index in [1.807, 2.05) is 0 Å². The number of amides is 1. The molecule has 166 valence electrons. The first kappa shape index (κ1) is 25.0. The molecule has 31 heavy (non-hydrogen) atoms. The maximum absolute atomic E-state index is 12.3. The highest BCUT2D eigenvalue weighted by molar-refractivity contribution is 9.10. The third-order valence-corrected chi connectivity index (χ3v) is 6.68. The van der Waals surface area contributed by atoms with Crippen molar-refractivity contribution in [2.75, 3.05) is 18.5 Å². The van der Waals surface area contributed by atoms with Crippen LogP contribution in [0.3, 0.4) is 0 Å². The summed E-state index contributed by atoms with van der Waals surface area (Å²) in [4.78, 5) is 33.5. The molecule has 14 heteroatoms. The van der Waals surface area contributed by atoms with Crippen LogP contribution in [0.25, 0.3) is 0 Å². The van der Waals surface area contributed by atoms with Gasteiger partial charge in [-0.2, -0.15) is 0 Å². The van der Waals surface area contributed by atoms with Gasteiger partial charge in [0, 0.05) is 23.2 Å². The molecule has 10 nitrogen and oxygen atoms in total. The molecule has 0 heterocycles. The molecule has 0 radical (unpaired) electrons. The number of hydrogen-bond donors (Lipinski definition) is 2. The number of ether oxygens (including phenoxy) is 1. The Kier molecular flexibility index (Phi) is 8.77. The first-order valence-corrected chi connectivity index (χ1v) is 11.4. The average Bonchev–Trinajstić information content (AvgIpc) is 2.67. The van der Waals surface area contributed by atoms with Gasteiger partial charge in [-0.1, -0.05) is 29.3 Å². The number of nitrogens with zero attached hydrogens (tertiary/aromatic N) is 1. The second-order valence-electron chi connectivity index (χ2n) is 5.83. The Labute approximate surface area is 195 Å². The van der Waals surface area contributed by atoms with Gasteiger partial charge in [-0.05, 0) is 34.1 Å². The van der Waals surface area contributed by atoms with Gasteiger partial charge in [-0.3, -0.25) is 19.7 Å². The van der Waals surface area contributed by atoms with Gasteiger partial charge in [0.2, 0.25) is 10.0 Å². The van der Waals surface area contributed by atoms with E-state index in [0.29, 0.717) is 0 Å². The second-order valence-corrected chi connectivity index (χ2v) is 9.20. The summed E-state index contributed by atoms with van der Waals surface area (Å²) in [5.41, 5.74) is 0.0767. The molecule has 0 aliphatic heterocycles. The molecule has 0 aliphatic carbocycles. The van der Waals surface area contributed by atoms with Crippen molar-refractivity contribution in [1.82, 2.24) is 4.72 Å². The minimum atomic E-state index is -4.06. The number of carbonyl (C=O) groups is 2. The molecule has 2 rings (SSSR count). The molecule has 2 N–H and O–H groups in total. The third kappa shape index (κ3) is 7.14. The first-order chi connectivity index (χ1) is 14.5. The lowest BCUT2D eigenvalue weighted by Crippen LogP contribution is -2.28. The third-order valence-electron chi connectivity index (χ3n) is 3.61.